The van der Waals surface area contributed by atoms with Crippen LogP contribution in [0.3, 0.4) is 0 Å². The monoisotopic (exact) mass is 299 g/mol. The van der Waals surface area contributed by atoms with Crippen molar-refractivity contribution in [3.8, 4) is 0 Å². The molecule has 2 aromatic heterocycles. The van der Waals surface area contributed by atoms with Gasteiger partial charge in [-0.3, -0.25) is 0 Å². The molecule has 22 heavy (non-hydrogen) atoms. The van der Waals surface area contributed by atoms with Crippen LogP contribution in [0.4, 0.5) is 16.0 Å². The fourth-order valence-electron chi connectivity index (χ4n) is 3.68. The molecule has 0 radical (unpaired) electrons. The fourth-order valence-corrected chi connectivity index (χ4v) is 3.68. The highest BCUT2D eigenvalue weighted by atomic mass is 19.1. The van der Waals surface area contributed by atoms with E-state index in [0.717, 1.165) is 31.9 Å². The summed E-state index contributed by atoms with van der Waals surface area (Å²) in [4.78, 5) is 16.7. The molecule has 4 heterocycles. The van der Waals surface area contributed by atoms with Gasteiger partial charge in [0.1, 0.15) is 12.1 Å². The fraction of sp³-hybridized carbons (Fsp3) is 0.438. The number of hydrogen-bond acceptors (Lipinski definition) is 5. The van der Waals surface area contributed by atoms with Crippen molar-refractivity contribution in [2.24, 2.45) is 5.92 Å². The van der Waals surface area contributed by atoms with Gasteiger partial charge in [0.05, 0.1) is 12.2 Å². The van der Waals surface area contributed by atoms with Gasteiger partial charge in [-0.1, -0.05) is 6.07 Å². The summed E-state index contributed by atoms with van der Waals surface area (Å²) < 4.78 is 13.9. The summed E-state index contributed by atoms with van der Waals surface area (Å²) in [5.74, 6) is 1.74. The van der Waals surface area contributed by atoms with Crippen LogP contribution < -0.4 is 9.80 Å². The third-order valence-corrected chi connectivity index (χ3v) is 4.75. The molecule has 2 aliphatic heterocycles. The van der Waals surface area contributed by atoms with Gasteiger partial charge in [0.2, 0.25) is 0 Å². The molecule has 2 fully saturated rings. The van der Waals surface area contributed by atoms with Crippen LogP contribution in [0.15, 0.2) is 36.9 Å². The molecule has 0 aromatic carbocycles. The molecule has 2 aliphatic rings. The van der Waals surface area contributed by atoms with Gasteiger partial charge in [0.15, 0.2) is 11.6 Å². The van der Waals surface area contributed by atoms with E-state index < -0.39 is 0 Å². The largest absolute Gasteiger partial charge is 0.352 e. The zero-order valence-corrected chi connectivity index (χ0v) is 12.3. The van der Waals surface area contributed by atoms with Gasteiger partial charge in [-0.25, -0.2) is 19.3 Å². The summed E-state index contributed by atoms with van der Waals surface area (Å²) in [6, 6.07) is 6.37. The van der Waals surface area contributed by atoms with Crippen LogP contribution in [0.2, 0.25) is 0 Å². The average molecular weight is 299 g/mol. The molecule has 0 aliphatic carbocycles. The van der Waals surface area contributed by atoms with Gasteiger partial charge in [-0.05, 0) is 30.9 Å². The average Bonchev–Trinajstić information content (AvgIpc) is 2.99. The molecular weight excluding hydrogens is 281 g/mol. The number of hydrogen-bond donors (Lipinski definition) is 0. The maximum absolute atomic E-state index is 13.9. The van der Waals surface area contributed by atoms with Crippen molar-refractivity contribution in [2.75, 3.05) is 29.4 Å². The lowest BCUT2D eigenvalue weighted by Crippen LogP contribution is -2.49. The minimum absolute atomic E-state index is 0.344. The van der Waals surface area contributed by atoms with Crippen molar-refractivity contribution in [2.45, 2.75) is 18.9 Å². The van der Waals surface area contributed by atoms with Gasteiger partial charge < -0.3 is 9.80 Å². The van der Waals surface area contributed by atoms with E-state index in [2.05, 4.69) is 19.9 Å². The van der Waals surface area contributed by atoms with Gasteiger partial charge in [-0.2, -0.15) is 0 Å². The first kappa shape index (κ1) is 13.4. The first-order valence-corrected chi connectivity index (χ1v) is 7.71. The lowest BCUT2D eigenvalue weighted by molar-refractivity contribution is 0.385. The molecule has 4 rings (SSSR count). The Hall–Kier alpha value is -2.24. The van der Waals surface area contributed by atoms with Gasteiger partial charge in [0, 0.05) is 25.8 Å². The molecule has 0 spiro atoms. The maximum Gasteiger partial charge on any atom is 0.183 e. The first-order valence-electron chi connectivity index (χ1n) is 7.71. The normalized spacial score (nSPS) is 24.4. The summed E-state index contributed by atoms with van der Waals surface area (Å²) in [5.41, 5.74) is 0. The number of nitrogens with zero attached hydrogens (tertiary/aromatic N) is 5. The number of anilines is 2. The smallest absolute Gasteiger partial charge is 0.183 e. The Morgan fingerprint density at radius 3 is 2.86 bits per heavy atom. The Morgan fingerprint density at radius 1 is 1.14 bits per heavy atom. The molecule has 2 aromatic rings. The molecule has 2 saturated heterocycles. The number of aromatic nitrogens is 3. The highest BCUT2D eigenvalue weighted by molar-refractivity contribution is 5.45. The Morgan fingerprint density at radius 2 is 2.05 bits per heavy atom. The third-order valence-electron chi connectivity index (χ3n) is 4.75. The minimum Gasteiger partial charge on any atom is -0.352 e. The van der Waals surface area contributed by atoms with E-state index >= 15 is 0 Å². The number of fused-ring (bicyclic) bond motifs is 1. The molecule has 0 amide bonds. The van der Waals surface area contributed by atoms with E-state index in [4.69, 9.17) is 0 Å². The molecule has 2 unspecified atom stereocenters. The molecule has 2 atom stereocenters. The maximum atomic E-state index is 13.9. The SMILES string of the molecule is Fc1cncnc1N1CCC2CCN(c3ccccn3)C2C1. The Labute approximate surface area is 128 Å². The molecule has 0 N–H and O–H groups in total. The van der Waals surface area contributed by atoms with Crippen LogP contribution in [0.5, 0.6) is 0 Å². The van der Waals surface area contributed by atoms with Crippen molar-refractivity contribution >= 4 is 11.6 Å². The minimum atomic E-state index is -0.344. The molecule has 114 valence electrons. The molecule has 5 nitrogen and oxygen atoms in total. The Balaban J connectivity index is 1.58. The predicted molar refractivity (Wildman–Crippen MR) is 82.3 cm³/mol. The Bertz CT molecular complexity index is 650. The molecular formula is C16H18FN5. The number of rotatable bonds is 2. The van der Waals surface area contributed by atoms with Crippen LogP contribution >= 0.6 is 0 Å². The highest BCUT2D eigenvalue weighted by Crippen LogP contribution is 2.35. The number of halogens is 1. The summed E-state index contributed by atoms with van der Waals surface area (Å²) in [6.07, 6.45) is 6.72. The number of pyridine rings is 1. The summed E-state index contributed by atoms with van der Waals surface area (Å²) >= 11 is 0. The molecule has 6 heteroatoms. The van der Waals surface area contributed by atoms with E-state index in [-0.39, 0.29) is 5.82 Å². The van der Waals surface area contributed by atoms with E-state index in [1.807, 2.05) is 29.3 Å². The Kier molecular flexibility index (Phi) is 3.36. The second-order valence-electron chi connectivity index (χ2n) is 5.93. The van der Waals surface area contributed by atoms with Crippen LogP contribution in [0.25, 0.3) is 0 Å². The predicted octanol–water partition coefficient (Wildman–Crippen LogP) is 2.12. The highest BCUT2D eigenvalue weighted by Gasteiger charge is 2.39. The van der Waals surface area contributed by atoms with Crippen LogP contribution in [0, 0.1) is 11.7 Å². The van der Waals surface area contributed by atoms with E-state index in [9.17, 15) is 4.39 Å². The lowest BCUT2D eigenvalue weighted by atomic mass is 9.92. The van der Waals surface area contributed by atoms with Crippen LogP contribution in [-0.4, -0.2) is 40.6 Å². The zero-order valence-electron chi connectivity index (χ0n) is 12.3. The third kappa shape index (κ3) is 2.28. The first-order chi connectivity index (χ1) is 10.8. The summed E-state index contributed by atoms with van der Waals surface area (Å²) in [7, 11) is 0. The second-order valence-corrected chi connectivity index (χ2v) is 5.93. The lowest BCUT2D eigenvalue weighted by Gasteiger charge is -2.39. The van der Waals surface area contributed by atoms with E-state index in [1.165, 1.54) is 18.9 Å². The van der Waals surface area contributed by atoms with Crippen molar-refractivity contribution in [1.82, 2.24) is 15.0 Å². The summed E-state index contributed by atoms with van der Waals surface area (Å²) in [5, 5.41) is 0. The molecule has 0 saturated carbocycles. The number of piperidine rings is 1. The summed E-state index contributed by atoms with van der Waals surface area (Å²) in [6.45, 7) is 2.66. The van der Waals surface area contributed by atoms with Gasteiger partial charge in [0.25, 0.3) is 0 Å². The topological polar surface area (TPSA) is 45.2 Å². The quantitative estimate of drug-likeness (QED) is 0.850. The standard InChI is InChI=1S/C16H18FN5/c17-13-9-18-11-20-16(13)21-7-4-12-5-8-22(14(12)10-21)15-3-1-2-6-19-15/h1-3,6,9,11-12,14H,4-5,7-8,10H2. The van der Waals surface area contributed by atoms with E-state index in [1.54, 1.807) is 0 Å². The van der Waals surface area contributed by atoms with Crippen LogP contribution in [0.1, 0.15) is 12.8 Å². The van der Waals surface area contributed by atoms with Gasteiger partial charge >= 0.3 is 0 Å². The van der Waals surface area contributed by atoms with Crippen molar-refractivity contribution in [3.63, 3.8) is 0 Å². The molecule has 0 bridgehead atoms. The van der Waals surface area contributed by atoms with E-state index in [0.29, 0.717) is 17.8 Å². The zero-order chi connectivity index (χ0) is 14.9. The van der Waals surface area contributed by atoms with Gasteiger partial charge in [-0.15, -0.1) is 0 Å². The van der Waals surface area contributed by atoms with Crippen LogP contribution in [-0.2, 0) is 0 Å². The van der Waals surface area contributed by atoms with Crippen molar-refractivity contribution in [1.29, 1.82) is 0 Å². The van der Waals surface area contributed by atoms with Crippen molar-refractivity contribution in [3.05, 3.63) is 42.7 Å². The second kappa shape index (κ2) is 5.51. The van der Waals surface area contributed by atoms with Crippen molar-refractivity contribution < 1.29 is 4.39 Å².